The van der Waals surface area contributed by atoms with Gasteiger partial charge in [-0.15, -0.1) is 0 Å². The van der Waals surface area contributed by atoms with Crippen molar-refractivity contribution in [1.29, 1.82) is 0 Å². The fourth-order valence-corrected chi connectivity index (χ4v) is 2.66. The van der Waals surface area contributed by atoms with Gasteiger partial charge in [0.05, 0.1) is 0 Å². The van der Waals surface area contributed by atoms with Crippen LogP contribution in [0.5, 0.6) is 0 Å². The molecule has 1 fully saturated rings. The Hall–Kier alpha value is -1.16. The maximum atomic E-state index is 11.2. The number of aromatic nitrogens is 2. The molecule has 1 unspecified atom stereocenters. The molecule has 0 radical (unpaired) electrons. The number of nitrogens with zero attached hydrogens (tertiary/aromatic N) is 3. The Morgan fingerprint density at radius 3 is 3.06 bits per heavy atom. The van der Waals surface area contributed by atoms with Gasteiger partial charge in [-0.1, -0.05) is 0 Å². The van der Waals surface area contributed by atoms with Gasteiger partial charge in [0.1, 0.15) is 5.78 Å². The highest BCUT2D eigenvalue weighted by Crippen LogP contribution is 2.20. The molecule has 0 aliphatic carbocycles. The van der Waals surface area contributed by atoms with Gasteiger partial charge in [0, 0.05) is 44.4 Å². The number of aryl methyl sites for hydroxylation is 1. The topological polar surface area (TPSA) is 38.1 Å². The van der Waals surface area contributed by atoms with Crippen LogP contribution in [0, 0.1) is 0 Å². The zero-order chi connectivity index (χ0) is 12.3. The van der Waals surface area contributed by atoms with Crippen molar-refractivity contribution in [2.24, 2.45) is 7.05 Å². The SMILES string of the molecule is CC(=O)CC1CCCN1CCc1ccnn1C. The van der Waals surface area contributed by atoms with E-state index in [2.05, 4.69) is 16.1 Å². The molecule has 0 amide bonds. The molecule has 1 aromatic rings. The molecule has 0 N–H and O–H groups in total. The summed E-state index contributed by atoms with van der Waals surface area (Å²) in [7, 11) is 1.98. The summed E-state index contributed by atoms with van der Waals surface area (Å²) < 4.78 is 1.93. The molecule has 1 saturated heterocycles. The summed E-state index contributed by atoms with van der Waals surface area (Å²) in [6, 6.07) is 2.54. The van der Waals surface area contributed by atoms with Gasteiger partial charge in [0.25, 0.3) is 0 Å². The number of Topliss-reactive ketones (excluding diaryl/α,β-unsaturated/α-hetero) is 1. The molecule has 1 aliphatic heterocycles. The Balaban J connectivity index is 1.86. The standard InChI is InChI=1S/C13H21N3O/c1-11(17)10-13-4-3-8-16(13)9-6-12-5-7-14-15(12)2/h5,7,13H,3-4,6,8-10H2,1-2H3. The first kappa shape index (κ1) is 12.3. The van der Waals surface area contributed by atoms with E-state index in [9.17, 15) is 4.79 Å². The van der Waals surface area contributed by atoms with Gasteiger partial charge in [-0.25, -0.2) is 0 Å². The van der Waals surface area contributed by atoms with Crippen molar-refractivity contribution in [3.63, 3.8) is 0 Å². The molecule has 1 aliphatic rings. The van der Waals surface area contributed by atoms with Crippen LogP contribution < -0.4 is 0 Å². The molecule has 1 atom stereocenters. The van der Waals surface area contributed by atoms with E-state index in [0.29, 0.717) is 18.2 Å². The zero-order valence-electron chi connectivity index (χ0n) is 10.7. The lowest BCUT2D eigenvalue weighted by Crippen LogP contribution is -2.33. The molecule has 17 heavy (non-hydrogen) atoms. The summed E-state index contributed by atoms with van der Waals surface area (Å²) in [5.41, 5.74) is 1.26. The highest BCUT2D eigenvalue weighted by Gasteiger charge is 2.25. The number of hydrogen-bond acceptors (Lipinski definition) is 3. The largest absolute Gasteiger partial charge is 0.300 e. The monoisotopic (exact) mass is 235 g/mol. The van der Waals surface area contributed by atoms with Crippen molar-refractivity contribution in [1.82, 2.24) is 14.7 Å². The summed E-state index contributed by atoms with van der Waals surface area (Å²) in [6.07, 6.45) is 5.97. The maximum Gasteiger partial charge on any atom is 0.131 e. The van der Waals surface area contributed by atoms with Gasteiger partial charge in [0.2, 0.25) is 0 Å². The zero-order valence-corrected chi connectivity index (χ0v) is 10.7. The van der Waals surface area contributed by atoms with Crippen LogP contribution in [-0.2, 0) is 18.3 Å². The van der Waals surface area contributed by atoms with Crippen molar-refractivity contribution in [2.45, 2.75) is 38.6 Å². The van der Waals surface area contributed by atoms with Crippen molar-refractivity contribution in [3.8, 4) is 0 Å². The van der Waals surface area contributed by atoms with Gasteiger partial charge < -0.3 is 0 Å². The van der Waals surface area contributed by atoms with E-state index in [1.807, 2.05) is 17.9 Å². The van der Waals surface area contributed by atoms with Crippen molar-refractivity contribution in [2.75, 3.05) is 13.1 Å². The Morgan fingerprint density at radius 1 is 1.59 bits per heavy atom. The molecule has 1 aromatic heterocycles. The normalized spacial score (nSPS) is 20.9. The van der Waals surface area contributed by atoms with Gasteiger partial charge in [-0.05, 0) is 32.4 Å². The molecule has 0 saturated carbocycles. The maximum absolute atomic E-state index is 11.2. The van der Waals surface area contributed by atoms with E-state index in [4.69, 9.17) is 0 Å². The summed E-state index contributed by atoms with van der Waals surface area (Å²) in [6.45, 7) is 3.87. The van der Waals surface area contributed by atoms with E-state index < -0.39 is 0 Å². The quantitative estimate of drug-likeness (QED) is 0.774. The second-order valence-electron chi connectivity index (χ2n) is 4.93. The lowest BCUT2D eigenvalue weighted by molar-refractivity contribution is -0.118. The third-order valence-electron chi connectivity index (χ3n) is 3.60. The van der Waals surface area contributed by atoms with Crippen LogP contribution in [0.2, 0.25) is 0 Å². The van der Waals surface area contributed by atoms with E-state index in [1.54, 1.807) is 6.92 Å². The first-order valence-electron chi connectivity index (χ1n) is 6.37. The van der Waals surface area contributed by atoms with Gasteiger partial charge in [-0.2, -0.15) is 5.10 Å². The van der Waals surface area contributed by atoms with E-state index in [-0.39, 0.29) is 0 Å². The van der Waals surface area contributed by atoms with Crippen LogP contribution >= 0.6 is 0 Å². The third-order valence-corrected chi connectivity index (χ3v) is 3.60. The molecule has 0 bridgehead atoms. The first-order chi connectivity index (χ1) is 8.16. The average Bonchev–Trinajstić information content (AvgIpc) is 2.84. The number of ketones is 1. The van der Waals surface area contributed by atoms with E-state index in [1.165, 1.54) is 18.5 Å². The number of likely N-dealkylation sites (tertiary alicyclic amines) is 1. The predicted octanol–water partition coefficient (Wildman–Crippen LogP) is 1.41. The predicted molar refractivity (Wildman–Crippen MR) is 66.8 cm³/mol. The Labute approximate surface area is 103 Å². The Morgan fingerprint density at radius 2 is 2.41 bits per heavy atom. The molecular formula is C13H21N3O. The van der Waals surface area contributed by atoms with Gasteiger partial charge in [-0.3, -0.25) is 14.4 Å². The van der Waals surface area contributed by atoms with Gasteiger partial charge in [0.15, 0.2) is 0 Å². The number of rotatable bonds is 5. The lowest BCUT2D eigenvalue weighted by Gasteiger charge is -2.23. The van der Waals surface area contributed by atoms with Gasteiger partial charge >= 0.3 is 0 Å². The van der Waals surface area contributed by atoms with E-state index in [0.717, 1.165) is 19.5 Å². The summed E-state index contributed by atoms with van der Waals surface area (Å²) in [5.74, 6) is 0.308. The summed E-state index contributed by atoms with van der Waals surface area (Å²) >= 11 is 0. The minimum Gasteiger partial charge on any atom is -0.300 e. The van der Waals surface area contributed by atoms with Crippen LogP contribution in [0.1, 0.15) is 31.9 Å². The fourth-order valence-electron chi connectivity index (χ4n) is 2.66. The molecule has 94 valence electrons. The number of hydrogen-bond donors (Lipinski definition) is 0. The summed E-state index contributed by atoms with van der Waals surface area (Å²) in [5, 5.41) is 4.17. The van der Waals surface area contributed by atoms with Crippen molar-refractivity contribution in [3.05, 3.63) is 18.0 Å². The van der Waals surface area contributed by atoms with Crippen LogP contribution in [0.3, 0.4) is 0 Å². The highest BCUT2D eigenvalue weighted by molar-refractivity contribution is 5.76. The molecule has 0 aromatic carbocycles. The Bertz CT molecular complexity index is 386. The second-order valence-corrected chi connectivity index (χ2v) is 4.93. The third kappa shape index (κ3) is 3.16. The lowest BCUT2D eigenvalue weighted by atomic mass is 10.1. The van der Waals surface area contributed by atoms with Crippen LogP contribution in [-0.4, -0.2) is 39.6 Å². The molecule has 0 spiro atoms. The van der Waals surface area contributed by atoms with Crippen molar-refractivity contribution >= 4 is 5.78 Å². The van der Waals surface area contributed by atoms with Crippen molar-refractivity contribution < 1.29 is 4.79 Å². The van der Waals surface area contributed by atoms with Crippen LogP contribution in [0.4, 0.5) is 0 Å². The first-order valence-corrected chi connectivity index (χ1v) is 6.37. The smallest absolute Gasteiger partial charge is 0.131 e. The fraction of sp³-hybridized carbons (Fsp3) is 0.692. The average molecular weight is 235 g/mol. The van der Waals surface area contributed by atoms with E-state index >= 15 is 0 Å². The Kier molecular flexibility index (Phi) is 3.94. The van der Waals surface area contributed by atoms with Crippen LogP contribution in [0.15, 0.2) is 12.3 Å². The molecule has 4 nitrogen and oxygen atoms in total. The van der Waals surface area contributed by atoms with Crippen LogP contribution in [0.25, 0.3) is 0 Å². The molecule has 2 rings (SSSR count). The molecule has 4 heteroatoms. The minimum absolute atomic E-state index is 0.308. The summed E-state index contributed by atoms with van der Waals surface area (Å²) in [4.78, 5) is 13.6. The second kappa shape index (κ2) is 5.45. The number of carbonyl (C=O) groups excluding carboxylic acids is 1. The number of carbonyl (C=O) groups is 1. The molecule has 2 heterocycles. The highest BCUT2D eigenvalue weighted by atomic mass is 16.1. The molecular weight excluding hydrogens is 214 g/mol. The minimum atomic E-state index is 0.308.